The quantitative estimate of drug-likeness (QED) is 0.162. The average Bonchev–Trinajstić information content (AvgIpc) is 3.53. The second-order valence-corrected chi connectivity index (χ2v) is 36.1. The SMILES string of the molecule is CC1CC(c2ccc(C(=O)O)c(CC[Si](C)(C)C)c2)C(C)(C)[C@H]2CC[C@]3(C)[C@@H]4CC[C@@]5(C(=O)NCCC(=O)OCC[Si](C)(C)C)CC[C@H](C(C)(C)C)[C@H]5[C@@H]4CC[C@@H]3[C@@H]12. The molecule has 0 aromatic heterocycles. The molecule has 5 aliphatic rings. The largest absolute Gasteiger partial charge is 0.478 e. The smallest absolute Gasteiger partial charge is 0.335 e. The minimum atomic E-state index is -1.33. The first-order chi connectivity index (χ1) is 26.8. The van der Waals surface area contributed by atoms with Crippen LogP contribution in [0.5, 0.6) is 0 Å². The van der Waals surface area contributed by atoms with Crippen molar-refractivity contribution in [3.63, 3.8) is 0 Å². The highest BCUT2D eigenvalue weighted by molar-refractivity contribution is 6.76. The Bertz CT molecular complexity index is 1690. The van der Waals surface area contributed by atoms with Crippen LogP contribution in [-0.4, -0.2) is 52.3 Å². The average molecular weight is 834 g/mol. The number of esters is 1. The van der Waals surface area contributed by atoms with Gasteiger partial charge in [0.05, 0.1) is 24.0 Å². The summed E-state index contributed by atoms with van der Waals surface area (Å²) >= 11 is 0. The molecule has 0 saturated heterocycles. The summed E-state index contributed by atoms with van der Waals surface area (Å²) in [7, 11) is -2.60. The summed E-state index contributed by atoms with van der Waals surface area (Å²) in [5.74, 6) is 4.41. The van der Waals surface area contributed by atoms with Gasteiger partial charge in [-0.15, -0.1) is 0 Å². The molecule has 5 aliphatic carbocycles. The highest BCUT2D eigenvalue weighted by Crippen LogP contribution is 2.73. The van der Waals surface area contributed by atoms with Gasteiger partial charge in [0, 0.05) is 22.7 Å². The van der Waals surface area contributed by atoms with Gasteiger partial charge in [-0.2, -0.15) is 0 Å². The van der Waals surface area contributed by atoms with Crippen molar-refractivity contribution < 1.29 is 24.2 Å². The zero-order valence-corrected chi connectivity index (χ0v) is 41.1. The van der Waals surface area contributed by atoms with Crippen LogP contribution in [0.1, 0.15) is 140 Å². The van der Waals surface area contributed by atoms with Crippen LogP contribution in [-0.2, 0) is 20.7 Å². The van der Waals surface area contributed by atoms with E-state index >= 15 is 0 Å². The molecule has 0 bridgehead atoms. The van der Waals surface area contributed by atoms with Gasteiger partial charge >= 0.3 is 11.9 Å². The molecule has 6 rings (SSSR count). The molecule has 2 unspecified atom stereocenters. The molecular formula is C50H83NO5Si2. The number of rotatable bonds is 12. The number of amides is 1. The molecule has 1 aromatic carbocycles. The summed E-state index contributed by atoms with van der Waals surface area (Å²) in [6, 6.07) is 8.46. The number of aromatic carboxylic acids is 1. The van der Waals surface area contributed by atoms with Crippen molar-refractivity contribution in [2.45, 2.75) is 176 Å². The predicted molar refractivity (Wildman–Crippen MR) is 244 cm³/mol. The van der Waals surface area contributed by atoms with Crippen LogP contribution in [0.2, 0.25) is 51.4 Å². The molecule has 0 spiro atoms. The van der Waals surface area contributed by atoms with Crippen LogP contribution < -0.4 is 5.32 Å². The summed E-state index contributed by atoms with van der Waals surface area (Å²) in [6.07, 6.45) is 11.5. The number of carboxylic acids is 1. The predicted octanol–water partition coefficient (Wildman–Crippen LogP) is 12.3. The molecule has 2 N–H and O–H groups in total. The Morgan fingerprint density at radius 2 is 1.52 bits per heavy atom. The topological polar surface area (TPSA) is 92.7 Å². The van der Waals surface area contributed by atoms with Crippen LogP contribution in [0, 0.1) is 69.0 Å². The Balaban J connectivity index is 1.20. The van der Waals surface area contributed by atoms with E-state index in [0.29, 0.717) is 72.0 Å². The molecule has 0 radical (unpaired) electrons. The van der Waals surface area contributed by atoms with Crippen LogP contribution >= 0.6 is 0 Å². The van der Waals surface area contributed by atoms with Gasteiger partial charge < -0.3 is 15.2 Å². The summed E-state index contributed by atoms with van der Waals surface area (Å²) in [4.78, 5) is 39.5. The lowest BCUT2D eigenvalue weighted by Gasteiger charge is -2.67. The zero-order chi connectivity index (χ0) is 42.8. The minimum absolute atomic E-state index is 0.124. The third-order valence-corrected chi connectivity index (χ3v) is 21.1. The maximum absolute atomic E-state index is 14.6. The molecular weight excluding hydrogens is 751 g/mol. The first-order valence-corrected chi connectivity index (χ1v) is 31.0. The van der Waals surface area contributed by atoms with Crippen molar-refractivity contribution in [3.8, 4) is 0 Å². The van der Waals surface area contributed by atoms with E-state index in [1.807, 2.05) is 6.07 Å². The van der Waals surface area contributed by atoms with Gasteiger partial charge in [0.15, 0.2) is 0 Å². The van der Waals surface area contributed by atoms with Gasteiger partial charge in [-0.3, -0.25) is 9.59 Å². The highest BCUT2D eigenvalue weighted by Gasteiger charge is 2.67. The lowest BCUT2D eigenvalue weighted by molar-refractivity contribution is -0.183. The Morgan fingerprint density at radius 3 is 2.16 bits per heavy atom. The number of nitrogens with one attached hydrogen (secondary N) is 1. The summed E-state index contributed by atoms with van der Waals surface area (Å²) < 4.78 is 5.57. The third kappa shape index (κ3) is 8.86. The number of fused-ring (bicyclic) bond motifs is 7. The van der Waals surface area contributed by atoms with Crippen molar-refractivity contribution in [1.82, 2.24) is 5.32 Å². The van der Waals surface area contributed by atoms with Gasteiger partial charge in [0.2, 0.25) is 5.91 Å². The van der Waals surface area contributed by atoms with E-state index in [1.54, 1.807) is 0 Å². The fourth-order valence-electron chi connectivity index (χ4n) is 14.6. The van der Waals surface area contributed by atoms with E-state index in [2.05, 4.69) is 105 Å². The number of ether oxygens (including phenoxy) is 1. The number of carbonyl (C=O) groups is 3. The Hall–Kier alpha value is -1.94. The van der Waals surface area contributed by atoms with Crippen molar-refractivity contribution >= 4 is 34.0 Å². The van der Waals surface area contributed by atoms with Gasteiger partial charge in [-0.1, -0.05) is 106 Å². The summed E-state index contributed by atoms with van der Waals surface area (Å²) in [5.41, 5.74) is 3.09. The monoisotopic (exact) mass is 834 g/mol. The molecule has 5 fully saturated rings. The maximum atomic E-state index is 14.6. The van der Waals surface area contributed by atoms with E-state index in [0.717, 1.165) is 49.8 Å². The normalized spacial score (nSPS) is 35.8. The molecule has 5 saturated carbocycles. The molecule has 326 valence electrons. The summed E-state index contributed by atoms with van der Waals surface area (Å²) in [5, 5.41) is 13.5. The Labute approximate surface area is 355 Å². The van der Waals surface area contributed by atoms with Gasteiger partial charge in [-0.05, 0) is 157 Å². The number of aryl methyl sites for hydroxylation is 1. The Kier molecular flexibility index (Phi) is 12.9. The zero-order valence-electron chi connectivity index (χ0n) is 39.1. The first-order valence-electron chi connectivity index (χ1n) is 23.6. The lowest BCUT2D eigenvalue weighted by atomic mass is 9.37. The number of benzene rings is 1. The van der Waals surface area contributed by atoms with Crippen LogP contribution in [0.15, 0.2) is 18.2 Å². The van der Waals surface area contributed by atoms with Crippen molar-refractivity contribution in [2.24, 2.45) is 69.0 Å². The summed E-state index contributed by atoms with van der Waals surface area (Å²) in [6.45, 7) is 32.5. The van der Waals surface area contributed by atoms with E-state index in [-0.39, 0.29) is 40.0 Å². The number of carbonyl (C=O) groups excluding carboxylic acids is 2. The van der Waals surface area contributed by atoms with E-state index in [1.165, 1.54) is 37.7 Å². The maximum Gasteiger partial charge on any atom is 0.335 e. The number of hydrogen-bond donors (Lipinski definition) is 2. The second-order valence-electron chi connectivity index (χ2n) is 24.8. The van der Waals surface area contributed by atoms with Crippen LogP contribution in [0.4, 0.5) is 0 Å². The molecule has 6 nitrogen and oxygen atoms in total. The molecule has 58 heavy (non-hydrogen) atoms. The van der Waals surface area contributed by atoms with Crippen molar-refractivity contribution in [2.75, 3.05) is 13.2 Å². The lowest BCUT2D eigenvalue weighted by Crippen LogP contribution is -2.61. The van der Waals surface area contributed by atoms with Crippen LogP contribution in [0.3, 0.4) is 0 Å². The number of hydrogen-bond acceptors (Lipinski definition) is 4. The molecule has 8 heteroatoms. The van der Waals surface area contributed by atoms with E-state index in [9.17, 15) is 19.5 Å². The van der Waals surface area contributed by atoms with Crippen LogP contribution in [0.25, 0.3) is 0 Å². The molecule has 0 aliphatic heterocycles. The number of carboxylic acid groups (broad SMARTS) is 1. The molecule has 1 aromatic rings. The van der Waals surface area contributed by atoms with E-state index in [4.69, 9.17) is 4.74 Å². The molecule has 1 amide bonds. The first kappa shape index (κ1) is 45.6. The molecule has 11 atom stereocenters. The standard InChI is InChI=1S/C50H83NO5Si2/c1-32-30-41(34-14-15-35(45(53)54)33(31-34)22-28-57(8,9)10)48(5,6)38-18-23-49(7)37-19-24-50(46(55)51-26-21-42(52)56-27-29-58(11,12)13)25-20-40(47(2,3)4)44(50)36(37)16-17-39(49)43(32)38/h14-15,31-32,36-41,43-44H,16-30H2,1-13H3,(H,51,55)(H,53,54)/t32?,36-,37-,38+,39-,40+,41?,43+,44-,49-,50-/m1/s1. The molecule has 0 heterocycles. The van der Waals surface area contributed by atoms with Gasteiger partial charge in [0.25, 0.3) is 0 Å². The van der Waals surface area contributed by atoms with Gasteiger partial charge in [0.1, 0.15) is 0 Å². The van der Waals surface area contributed by atoms with E-state index < -0.39 is 22.1 Å². The van der Waals surface area contributed by atoms with Gasteiger partial charge in [-0.25, -0.2) is 4.79 Å². The Morgan fingerprint density at radius 1 is 0.862 bits per heavy atom. The fourth-order valence-corrected chi connectivity index (χ4v) is 16.3. The second kappa shape index (κ2) is 16.4. The minimum Gasteiger partial charge on any atom is -0.478 e. The highest BCUT2D eigenvalue weighted by atomic mass is 28.3. The van der Waals surface area contributed by atoms with Crippen molar-refractivity contribution in [1.29, 1.82) is 0 Å². The fraction of sp³-hybridized carbons (Fsp3) is 0.820. The third-order valence-electron chi connectivity index (χ3n) is 17.6. The van der Waals surface area contributed by atoms with Crippen molar-refractivity contribution in [3.05, 3.63) is 34.9 Å².